The minimum atomic E-state index is 0.459. The van der Waals surface area contributed by atoms with E-state index in [4.69, 9.17) is 11.6 Å². The highest BCUT2D eigenvalue weighted by atomic mass is 35.5. The first-order valence-corrected chi connectivity index (χ1v) is 7.38. The molecule has 0 saturated carbocycles. The predicted molar refractivity (Wildman–Crippen MR) is 78.3 cm³/mol. The van der Waals surface area contributed by atoms with E-state index in [0.29, 0.717) is 11.1 Å². The van der Waals surface area contributed by atoms with Gasteiger partial charge < -0.3 is 10.2 Å². The van der Waals surface area contributed by atoms with Gasteiger partial charge in [-0.05, 0) is 31.9 Å². The second-order valence-electron chi connectivity index (χ2n) is 4.08. The van der Waals surface area contributed by atoms with Gasteiger partial charge in [-0.1, -0.05) is 11.6 Å². The van der Waals surface area contributed by atoms with Crippen molar-refractivity contribution in [2.75, 3.05) is 31.0 Å². The van der Waals surface area contributed by atoms with Gasteiger partial charge in [-0.15, -0.1) is 0 Å². The molecular weight excluding hydrogens is 254 g/mol. The van der Waals surface area contributed by atoms with Crippen LogP contribution in [0.5, 0.6) is 0 Å². The zero-order chi connectivity index (χ0) is 12.8. The van der Waals surface area contributed by atoms with E-state index in [-0.39, 0.29) is 0 Å². The molecule has 1 atom stereocenters. The minimum Gasteiger partial charge on any atom is -0.356 e. The van der Waals surface area contributed by atoms with Gasteiger partial charge in [0.05, 0.1) is 5.02 Å². The Balaban J connectivity index is 2.86. The van der Waals surface area contributed by atoms with E-state index >= 15 is 0 Å². The van der Waals surface area contributed by atoms with Crippen LogP contribution in [-0.4, -0.2) is 37.1 Å². The zero-order valence-corrected chi connectivity index (χ0v) is 12.4. The Kier molecular flexibility index (Phi) is 6.09. The lowest BCUT2D eigenvalue weighted by molar-refractivity contribution is 0.749. The third-order valence-corrected chi connectivity index (χ3v) is 3.87. The van der Waals surface area contributed by atoms with Crippen LogP contribution in [0.1, 0.15) is 12.5 Å². The number of halogens is 1. The van der Waals surface area contributed by atoms with Crippen LogP contribution in [0.4, 0.5) is 5.82 Å². The third kappa shape index (κ3) is 4.05. The van der Waals surface area contributed by atoms with Gasteiger partial charge in [-0.3, -0.25) is 0 Å². The van der Waals surface area contributed by atoms with Gasteiger partial charge in [0.25, 0.3) is 0 Å². The van der Waals surface area contributed by atoms with Crippen LogP contribution >= 0.6 is 23.4 Å². The molecule has 0 bridgehead atoms. The molecule has 1 heterocycles. The third-order valence-electron chi connectivity index (χ3n) is 2.72. The quantitative estimate of drug-likeness (QED) is 0.863. The summed E-state index contributed by atoms with van der Waals surface area (Å²) in [4.78, 5) is 6.57. The van der Waals surface area contributed by atoms with E-state index in [9.17, 15) is 0 Å². The monoisotopic (exact) mass is 273 g/mol. The van der Waals surface area contributed by atoms with E-state index in [0.717, 1.165) is 23.7 Å². The van der Waals surface area contributed by atoms with Gasteiger partial charge in [0.2, 0.25) is 0 Å². The summed E-state index contributed by atoms with van der Waals surface area (Å²) in [5.41, 5.74) is 1.09. The first kappa shape index (κ1) is 14.6. The van der Waals surface area contributed by atoms with E-state index in [1.807, 2.05) is 18.8 Å². The Bertz CT molecular complexity index is 360. The normalized spacial score (nSPS) is 12.5. The van der Waals surface area contributed by atoms with Crippen molar-refractivity contribution in [3.05, 3.63) is 22.8 Å². The van der Waals surface area contributed by atoms with Crippen LogP contribution in [0, 0.1) is 0 Å². The Hall–Kier alpha value is -0.450. The molecule has 1 unspecified atom stereocenters. The van der Waals surface area contributed by atoms with Crippen molar-refractivity contribution in [3.8, 4) is 0 Å². The highest BCUT2D eigenvalue weighted by molar-refractivity contribution is 7.98. The van der Waals surface area contributed by atoms with Crippen LogP contribution < -0.4 is 10.2 Å². The topological polar surface area (TPSA) is 28.2 Å². The molecule has 1 aromatic heterocycles. The van der Waals surface area contributed by atoms with Crippen LogP contribution in [-0.2, 0) is 6.54 Å². The van der Waals surface area contributed by atoms with Gasteiger partial charge >= 0.3 is 0 Å². The minimum absolute atomic E-state index is 0.459. The molecule has 0 radical (unpaired) electrons. The van der Waals surface area contributed by atoms with Crippen molar-refractivity contribution in [1.29, 1.82) is 0 Å². The lowest BCUT2D eigenvalue weighted by Gasteiger charge is -2.26. The fourth-order valence-electron chi connectivity index (χ4n) is 1.57. The van der Waals surface area contributed by atoms with Gasteiger partial charge in [0, 0.05) is 31.6 Å². The first-order chi connectivity index (χ1) is 8.10. The van der Waals surface area contributed by atoms with Gasteiger partial charge in [-0.2, -0.15) is 11.8 Å². The molecule has 5 heteroatoms. The first-order valence-electron chi connectivity index (χ1n) is 5.61. The number of pyridine rings is 1. The Morgan fingerprint density at radius 2 is 2.29 bits per heavy atom. The molecule has 0 aliphatic heterocycles. The predicted octanol–water partition coefficient (Wildman–Crippen LogP) is 2.64. The second-order valence-corrected chi connectivity index (χ2v) is 5.40. The van der Waals surface area contributed by atoms with Crippen LogP contribution in [0.15, 0.2) is 12.3 Å². The van der Waals surface area contributed by atoms with E-state index in [1.165, 1.54) is 0 Å². The van der Waals surface area contributed by atoms with Crippen molar-refractivity contribution >= 4 is 29.2 Å². The standard InChI is InChI=1S/C12H20ClN3S/c1-9(8-17-4)16(3)12-5-10(6-14-2)11(13)7-15-12/h5,7,9,14H,6,8H2,1-4H3. The summed E-state index contributed by atoms with van der Waals surface area (Å²) in [6.07, 6.45) is 3.85. The van der Waals surface area contributed by atoms with Gasteiger partial charge in [0.15, 0.2) is 0 Å². The number of anilines is 1. The molecule has 0 aromatic carbocycles. The average Bonchev–Trinajstić information content (AvgIpc) is 2.31. The summed E-state index contributed by atoms with van der Waals surface area (Å²) >= 11 is 7.94. The maximum absolute atomic E-state index is 6.10. The fraction of sp³-hybridized carbons (Fsp3) is 0.583. The summed E-state index contributed by atoms with van der Waals surface area (Å²) in [5.74, 6) is 2.06. The highest BCUT2D eigenvalue weighted by Gasteiger charge is 2.12. The highest BCUT2D eigenvalue weighted by Crippen LogP contribution is 2.21. The maximum Gasteiger partial charge on any atom is 0.128 e. The molecule has 3 nitrogen and oxygen atoms in total. The molecule has 17 heavy (non-hydrogen) atoms. The molecule has 96 valence electrons. The zero-order valence-electron chi connectivity index (χ0n) is 10.8. The van der Waals surface area contributed by atoms with Crippen molar-refractivity contribution in [2.45, 2.75) is 19.5 Å². The SMILES string of the molecule is CNCc1cc(N(C)C(C)CSC)ncc1Cl. The number of aromatic nitrogens is 1. The van der Waals surface area contributed by atoms with E-state index in [1.54, 1.807) is 6.20 Å². The van der Waals surface area contributed by atoms with Gasteiger partial charge in [0.1, 0.15) is 5.82 Å². The van der Waals surface area contributed by atoms with Crippen molar-refractivity contribution in [1.82, 2.24) is 10.3 Å². The number of hydrogen-bond acceptors (Lipinski definition) is 4. The molecule has 0 saturated heterocycles. The average molecular weight is 274 g/mol. The summed E-state index contributed by atoms with van der Waals surface area (Å²) < 4.78 is 0. The number of nitrogens with zero attached hydrogens (tertiary/aromatic N) is 2. The molecular formula is C12H20ClN3S. The Morgan fingerprint density at radius 3 is 2.88 bits per heavy atom. The number of hydrogen-bond donors (Lipinski definition) is 1. The van der Waals surface area contributed by atoms with E-state index < -0.39 is 0 Å². The summed E-state index contributed by atoms with van der Waals surface area (Å²) in [6.45, 7) is 2.96. The molecule has 0 spiro atoms. The number of nitrogens with one attached hydrogen (secondary N) is 1. The Morgan fingerprint density at radius 1 is 1.59 bits per heavy atom. The van der Waals surface area contributed by atoms with Crippen molar-refractivity contribution < 1.29 is 0 Å². The van der Waals surface area contributed by atoms with Gasteiger partial charge in [-0.25, -0.2) is 4.98 Å². The smallest absolute Gasteiger partial charge is 0.128 e. The summed E-state index contributed by atoms with van der Waals surface area (Å²) in [5, 5.41) is 3.83. The van der Waals surface area contributed by atoms with Crippen LogP contribution in [0.25, 0.3) is 0 Å². The molecule has 0 fully saturated rings. The lowest BCUT2D eigenvalue weighted by atomic mass is 10.2. The second kappa shape index (κ2) is 7.09. The summed E-state index contributed by atoms with van der Waals surface area (Å²) in [6, 6.07) is 2.51. The fourth-order valence-corrected chi connectivity index (χ4v) is 2.44. The molecule has 0 aliphatic rings. The molecule has 1 aromatic rings. The summed E-state index contributed by atoms with van der Waals surface area (Å²) in [7, 11) is 3.98. The molecule has 0 aliphatic carbocycles. The van der Waals surface area contributed by atoms with Crippen molar-refractivity contribution in [2.24, 2.45) is 0 Å². The molecule has 1 N–H and O–H groups in total. The number of thioether (sulfide) groups is 1. The maximum atomic E-state index is 6.10. The molecule has 0 amide bonds. The van der Waals surface area contributed by atoms with Crippen molar-refractivity contribution in [3.63, 3.8) is 0 Å². The van der Waals surface area contributed by atoms with Crippen LogP contribution in [0.3, 0.4) is 0 Å². The van der Waals surface area contributed by atoms with Crippen LogP contribution in [0.2, 0.25) is 5.02 Å². The lowest BCUT2D eigenvalue weighted by Crippen LogP contribution is -2.31. The molecule has 1 rings (SSSR count). The number of rotatable bonds is 6. The Labute approximate surface area is 113 Å². The van der Waals surface area contributed by atoms with E-state index in [2.05, 4.69) is 41.5 Å². The largest absolute Gasteiger partial charge is 0.356 e.